The summed E-state index contributed by atoms with van der Waals surface area (Å²) in [5, 5.41) is 12.2. The van der Waals surface area contributed by atoms with Gasteiger partial charge in [-0.1, -0.05) is 50.3 Å². The third kappa shape index (κ3) is 5.82. The molecule has 1 saturated carbocycles. The Morgan fingerprint density at radius 3 is 2.56 bits per heavy atom. The topological polar surface area (TPSA) is 75.6 Å². The quantitative estimate of drug-likeness (QED) is 0.700. The number of benzene rings is 1. The van der Waals surface area contributed by atoms with Gasteiger partial charge in [-0.25, -0.2) is 4.79 Å². The molecule has 1 heterocycles. The summed E-state index contributed by atoms with van der Waals surface area (Å²) < 4.78 is 5.69. The average Bonchev–Trinajstić information content (AvgIpc) is 3.16. The molecule has 1 aliphatic carbocycles. The van der Waals surface area contributed by atoms with Crippen LogP contribution in [0.3, 0.4) is 0 Å². The fraction of sp³-hybridized carbons (Fsp3) is 0.429. The van der Waals surface area contributed by atoms with E-state index in [1.165, 1.54) is 17.8 Å². The minimum absolute atomic E-state index is 0.325. The Morgan fingerprint density at radius 2 is 1.85 bits per heavy atom. The van der Waals surface area contributed by atoms with Crippen LogP contribution in [-0.2, 0) is 11.4 Å². The van der Waals surface area contributed by atoms with Crippen LogP contribution in [0.15, 0.2) is 42.5 Å². The van der Waals surface area contributed by atoms with Crippen LogP contribution in [-0.4, -0.2) is 23.0 Å². The lowest BCUT2D eigenvalue weighted by atomic mass is 9.85. The lowest BCUT2D eigenvalue weighted by Crippen LogP contribution is -2.42. The van der Waals surface area contributed by atoms with Crippen molar-refractivity contribution in [2.75, 3.05) is 0 Å². The fourth-order valence-electron chi connectivity index (χ4n) is 3.46. The molecule has 1 amide bonds. The summed E-state index contributed by atoms with van der Waals surface area (Å²) in [6, 6.07) is 12.2. The number of carboxylic acid groups (broad SMARTS) is 1. The van der Waals surface area contributed by atoms with E-state index in [1.807, 2.05) is 36.4 Å². The SMILES string of the molecule is O=C(N[C@@H](CC1CCCCC1)C(=O)O)c1ccc(COc2ccccc2)s1. The number of ether oxygens (including phenoxy) is 1. The Labute approximate surface area is 163 Å². The Morgan fingerprint density at radius 1 is 1.11 bits per heavy atom. The van der Waals surface area contributed by atoms with Crippen molar-refractivity contribution in [3.8, 4) is 5.75 Å². The number of aliphatic carboxylic acids is 1. The van der Waals surface area contributed by atoms with E-state index < -0.39 is 12.0 Å². The van der Waals surface area contributed by atoms with E-state index in [0.717, 1.165) is 36.3 Å². The van der Waals surface area contributed by atoms with Crippen molar-refractivity contribution < 1.29 is 19.4 Å². The molecule has 0 bridgehead atoms. The molecule has 1 fully saturated rings. The highest BCUT2D eigenvalue weighted by atomic mass is 32.1. The van der Waals surface area contributed by atoms with Gasteiger partial charge < -0.3 is 15.2 Å². The van der Waals surface area contributed by atoms with Crippen molar-refractivity contribution >= 4 is 23.2 Å². The van der Waals surface area contributed by atoms with Gasteiger partial charge in [-0.15, -0.1) is 11.3 Å². The molecular weight excluding hydrogens is 362 g/mol. The first-order valence-corrected chi connectivity index (χ1v) is 10.2. The molecule has 1 atom stereocenters. The van der Waals surface area contributed by atoms with Gasteiger partial charge in [-0.3, -0.25) is 4.79 Å². The predicted molar refractivity (Wildman–Crippen MR) is 105 cm³/mol. The predicted octanol–water partition coefficient (Wildman–Crippen LogP) is 4.48. The maximum absolute atomic E-state index is 12.5. The molecule has 1 aromatic carbocycles. The summed E-state index contributed by atoms with van der Waals surface area (Å²) in [5.41, 5.74) is 0. The monoisotopic (exact) mass is 387 g/mol. The van der Waals surface area contributed by atoms with Crippen LogP contribution in [0.25, 0.3) is 0 Å². The van der Waals surface area contributed by atoms with Crippen LogP contribution >= 0.6 is 11.3 Å². The Balaban J connectivity index is 1.54. The smallest absolute Gasteiger partial charge is 0.326 e. The van der Waals surface area contributed by atoms with Gasteiger partial charge in [0.15, 0.2) is 0 Å². The molecule has 0 radical (unpaired) electrons. The number of hydrogen-bond acceptors (Lipinski definition) is 4. The van der Waals surface area contributed by atoms with Gasteiger partial charge in [-0.2, -0.15) is 0 Å². The van der Waals surface area contributed by atoms with Crippen LogP contribution in [0.4, 0.5) is 0 Å². The van der Waals surface area contributed by atoms with Gasteiger partial charge in [-0.05, 0) is 36.6 Å². The third-order valence-electron chi connectivity index (χ3n) is 4.91. The molecule has 5 nitrogen and oxygen atoms in total. The average molecular weight is 388 g/mol. The first kappa shape index (κ1) is 19.4. The highest BCUT2D eigenvalue weighted by molar-refractivity contribution is 7.14. The van der Waals surface area contributed by atoms with Gasteiger partial charge in [0.1, 0.15) is 18.4 Å². The van der Waals surface area contributed by atoms with Gasteiger partial charge in [0.25, 0.3) is 5.91 Å². The minimum Gasteiger partial charge on any atom is -0.488 e. The van der Waals surface area contributed by atoms with Crippen molar-refractivity contribution in [1.82, 2.24) is 5.32 Å². The summed E-state index contributed by atoms with van der Waals surface area (Å²) in [7, 11) is 0. The van der Waals surface area contributed by atoms with Crippen LogP contribution in [0, 0.1) is 5.92 Å². The van der Waals surface area contributed by atoms with Crippen molar-refractivity contribution in [3.63, 3.8) is 0 Å². The van der Waals surface area contributed by atoms with Crippen molar-refractivity contribution in [3.05, 3.63) is 52.2 Å². The first-order chi connectivity index (χ1) is 13.1. The number of rotatable bonds is 8. The standard InChI is InChI=1S/C21H25NO4S/c23-20(22-18(21(24)25)13-15-7-3-1-4-8-15)19-12-11-17(27-19)14-26-16-9-5-2-6-10-16/h2,5-6,9-12,15,18H,1,3-4,7-8,13-14H2,(H,22,23)(H,24,25)/t18-/m0/s1. The third-order valence-corrected chi connectivity index (χ3v) is 5.96. The van der Waals surface area contributed by atoms with Crippen LogP contribution in [0.1, 0.15) is 53.1 Å². The maximum atomic E-state index is 12.5. The first-order valence-electron chi connectivity index (χ1n) is 9.42. The number of carboxylic acids is 1. The van der Waals surface area contributed by atoms with E-state index in [4.69, 9.17) is 4.74 Å². The zero-order chi connectivity index (χ0) is 19.1. The highest BCUT2D eigenvalue weighted by Crippen LogP contribution is 2.27. The van der Waals surface area contributed by atoms with Crippen LogP contribution in [0.5, 0.6) is 5.75 Å². The second kappa shape index (κ2) is 9.55. The summed E-state index contributed by atoms with van der Waals surface area (Å²) >= 11 is 1.33. The van der Waals surface area contributed by atoms with E-state index in [-0.39, 0.29) is 5.91 Å². The summed E-state index contributed by atoms with van der Waals surface area (Å²) in [6.45, 7) is 0.381. The fourth-order valence-corrected chi connectivity index (χ4v) is 4.28. The molecule has 6 heteroatoms. The maximum Gasteiger partial charge on any atom is 0.326 e. The number of thiophene rings is 1. The molecule has 0 saturated heterocycles. The lowest BCUT2D eigenvalue weighted by molar-refractivity contribution is -0.139. The Bertz CT molecular complexity index is 753. The summed E-state index contributed by atoms with van der Waals surface area (Å²) in [4.78, 5) is 25.5. The van der Waals surface area contributed by atoms with E-state index in [9.17, 15) is 14.7 Å². The molecule has 1 aliphatic rings. The van der Waals surface area contributed by atoms with Gasteiger partial charge in [0.05, 0.1) is 4.88 Å². The number of carbonyl (C=O) groups excluding carboxylic acids is 1. The molecule has 0 spiro atoms. The van der Waals surface area contributed by atoms with Gasteiger partial charge in [0, 0.05) is 4.88 Å². The molecule has 3 rings (SSSR count). The second-order valence-corrected chi connectivity index (χ2v) is 8.14. The number of para-hydroxylation sites is 1. The minimum atomic E-state index is -0.960. The summed E-state index contributed by atoms with van der Waals surface area (Å²) in [6.07, 6.45) is 6.15. The van der Waals surface area contributed by atoms with Crippen LogP contribution < -0.4 is 10.1 Å². The Hall–Kier alpha value is -2.34. The van der Waals surface area contributed by atoms with Gasteiger partial charge >= 0.3 is 5.97 Å². The van der Waals surface area contributed by atoms with E-state index in [2.05, 4.69) is 5.32 Å². The molecule has 1 aromatic heterocycles. The number of amides is 1. The van der Waals surface area contributed by atoms with Crippen molar-refractivity contribution in [2.45, 2.75) is 51.2 Å². The molecule has 27 heavy (non-hydrogen) atoms. The van der Waals surface area contributed by atoms with Crippen molar-refractivity contribution in [1.29, 1.82) is 0 Å². The summed E-state index contributed by atoms with van der Waals surface area (Å²) in [5.74, 6) is -0.124. The second-order valence-electron chi connectivity index (χ2n) is 6.97. The largest absolute Gasteiger partial charge is 0.488 e. The van der Waals surface area contributed by atoms with E-state index in [0.29, 0.717) is 23.8 Å². The highest BCUT2D eigenvalue weighted by Gasteiger charge is 2.26. The number of hydrogen-bond donors (Lipinski definition) is 2. The Kier molecular flexibility index (Phi) is 6.87. The molecule has 2 N–H and O–H groups in total. The zero-order valence-corrected chi connectivity index (χ0v) is 16.0. The number of nitrogens with one attached hydrogen (secondary N) is 1. The molecule has 2 aromatic rings. The molecule has 0 aliphatic heterocycles. The molecule has 144 valence electrons. The van der Waals surface area contributed by atoms with Crippen molar-refractivity contribution in [2.24, 2.45) is 5.92 Å². The normalized spacial score (nSPS) is 15.9. The number of carbonyl (C=O) groups is 2. The van der Waals surface area contributed by atoms with E-state index in [1.54, 1.807) is 6.07 Å². The zero-order valence-electron chi connectivity index (χ0n) is 15.2. The van der Waals surface area contributed by atoms with Crippen LogP contribution in [0.2, 0.25) is 0 Å². The lowest BCUT2D eigenvalue weighted by Gasteiger charge is -2.24. The molecular formula is C21H25NO4S. The van der Waals surface area contributed by atoms with E-state index >= 15 is 0 Å². The molecule has 0 unspecified atom stereocenters. The van der Waals surface area contributed by atoms with Gasteiger partial charge in [0.2, 0.25) is 0 Å².